The van der Waals surface area contributed by atoms with Gasteiger partial charge in [-0.15, -0.1) is 0 Å². The minimum atomic E-state index is -0.0891. The average Bonchev–Trinajstić information content (AvgIpc) is 2.37. The van der Waals surface area contributed by atoms with Gasteiger partial charge in [0.05, 0.1) is 0 Å². The zero-order valence-electron chi connectivity index (χ0n) is 11.5. The van der Waals surface area contributed by atoms with Gasteiger partial charge in [-0.2, -0.15) is 0 Å². The molecule has 4 aliphatic carbocycles. The fourth-order valence-corrected chi connectivity index (χ4v) is 5.04. The number of aryl methyl sites for hydroxylation is 1. The molecule has 0 aromatic heterocycles. The van der Waals surface area contributed by atoms with Crippen LogP contribution in [0.5, 0.6) is 0 Å². The van der Waals surface area contributed by atoms with Crippen LogP contribution in [0.2, 0.25) is 0 Å². The standard InChI is InChI=1S/C17H22FN/c1-10-2-3-15(9-16(10)18)19-17-13-5-11-4-12(7-13)8-14(17)6-11/h2-3,9,11-14,17,19H,4-8H2,1H3. The SMILES string of the molecule is Cc1ccc(NC2C3CC4CC(C3)CC2C4)cc1F. The molecule has 102 valence electrons. The zero-order chi connectivity index (χ0) is 13.0. The van der Waals surface area contributed by atoms with Gasteiger partial charge in [0.15, 0.2) is 0 Å². The summed E-state index contributed by atoms with van der Waals surface area (Å²) in [6, 6.07) is 6.17. The van der Waals surface area contributed by atoms with Gasteiger partial charge in [-0.3, -0.25) is 0 Å². The lowest BCUT2D eigenvalue weighted by molar-refractivity contribution is 0.00753. The third-order valence-electron chi connectivity index (χ3n) is 5.73. The average molecular weight is 259 g/mol. The van der Waals surface area contributed by atoms with Gasteiger partial charge in [0, 0.05) is 11.7 Å². The first-order valence-corrected chi connectivity index (χ1v) is 7.71. The molecule has 4 saturated carbocycles. The first-order chi connectivity index (χ1) is 9.19. The van der Waals surface area contributed by atoms with Crippen LogP contribution in [0.1, 0.15) is 37.7 Å². The van der Waals surface area contributed by atoms with Gasteiger partial charge in [-0.1, -0.05) is 6.07 Å². The van der Waals surface area contributed by atoms with Gasteiger partial charge in [-0.05, 0) is 80.4 Å². The Balaban J connectivity index is 1.55. The van der Waals surface area contributed by atoms with Crippen molar-refractivity contribution in [3.05, 3.63) is 29.6 Å². The number of hydrogen-bond donors (Lipinski definition) is 1. The second-order valence-corrected chi connectivity index (χ2v) is 7.06. The second-order valence-electron chi connectivity index (χ2n) is 7.06. The van der Waals surface area contributed by atoms with Crippen molar-refractivity contribution < 1.29 is 4.39 Å². The summed E-state index contributed by atoms with van der Waals surface area (Å²) < 4.78 is 13.7. The van der Waals surface area contributed by atoms with Crippen molar-refractivity contribution in [2.24, 2.45) is 23.7 Å². The summed E-state index contributed by atoms with van der Waals surface area (Å²) in [4.78, 5) is 0. The Morgan fingerprint density at radius 3 is 2.21 bits per heavy atom. The molecule has 0 unspecified atom stereocenters. The van der Waals surface area contributed by atoms with Crippen molar-refractivity contribution in [2.45, 2.75) is 45.1 Å². The van der Waals surface area contributed by atoms with Gasteiger partial charge >= 0.3 is 0 Å². The van der Waals surface area contributed by atoms with Crippen molar-refractivity contribution in [2.75, 3.05) is 5.32 Å². The molecule has 0 atom stereocenters. The molecule has 0 aliphatic heterocycles. The molecule has 1 aromatic rings. The Kier molecular flexibility index (Phi) is 2.61. The first kappa shape index (κ1) is 11.7. The number of halogens is 1. The van der Waals surface area contributed by atoms with Crippen molar-refractivity contribution in [1.29, 1.82) is 0 Å². The van der Waals surface area contributed by atoms with Gasteiger partial charge < -0.3 is 5.32 Å². The highest BCUT2D eigenvalue weighted by atomic mass is 19.1. The highest BCUT2D eigenvalue weighted by Gasteiger charge is 2.48. The molecule has 1 nitrogen and oxygen atoms in total. The number of nitrogens with one attached hydrogen (secondary N) is 1. The first-order valence-electron chi connectivity index (χ1n) is 7.71. The fraction of sp³-hybridized carbons (Fsp3) is 0.647. The van der Waals surface area contributed by atoms with Crippen LogP contribution < -0.4 is 5.32 Å². The predicted octanol–water partition coefficient (Wildman–Crippen LogP) is 4.37. The van der Waals surface area contributed by atoms with Gasteiger partial charge in [-0.25, -0.2) is 4.39 Å². The summed E-state index contributed by atoms with van der Waals surface area (Å²) in [7, 11) is 0. The Labute approximate surface area is 114 Å². The molecule has 4 fully saturated rings. The molecule has 19 heavy (non-hydrogen) atoms. The van der Waals surface area contributed by atoms with E-state index in [1.54, 1.807) is 6.07 Å². The van der Waals surface area contributed by atoms with Crippen LogP contribution in [-0.4, -0.2) is 6.04 Å². The molecule has 1 N–H and O–H groups in total. The Bertz CT molecular complexity index is 468. The molecule has 0 saturated heterocycles. The molecule has 0 amide bonds. The van der Waals surface area contributed by atoms with Crippen molar-refractivity contribution in [3.8, 4) is 0 Å². The number of hydrogen-bond acceptors (Lipinski definition) is 1. The molecule has 0 spiro atoms. The van der Waals surface area contributed by atoms with Crippen molar-refractivity contribution in [3.63, 3.8) is 0 Å². The molecule has 5 rings (SSSR count). The predicted molar refractivity (Wildman–Crippen MR) is 75.6 cm³/mol. The molecule has 0 radical (unpaired) electrons. The zero-order valence-corrected chi connectivity index (χ0v) is 11.5. The summed E-state index contributed by atoms with van der Waals surface area (Å²) >= 11 is 0. The Hall–Kier alpha value is -1.05. The van der Waals surface area contributed by atoms with E-state index >= 15 is 0 Å². The van der Waals surface area contributed by atoms with Gasteiger partial charge in [0.1, 0.15) is 5.82 Å². The van der Waals surface area contributed by atoms with Gasteiger partial charge in [0.2, 0.25) is 0 Å². The van der Waals surface area contributed by atoms with E-state index in [0.29, 0.717) is 6.04 Å². The van der Waals surface area contributed by atoms with E-state index in [9.17, 15) is 4.39 Å². The van der Waals surface area contributed by atoms with E-state index in [0.717, 1.165) is 34.9 Å². The smallest absolute Gasteiger partial charge is 0.128 e. The fourth-order valence-electron chi connectivity index (χ4n) is 5.04. The minimum Gasteiger partial charge on any atom is -0.382 e. The number of anilines is 1. The maximum absolute atomic E-state index is 13.7. The van der Waals surface area contributed by atoms with Crippen molar-refractivity contribution >= 4 is 5.69 Å². The number of rotatable bonds is 2. The molecular weight excluding hydrogens is 237 g/mol. The molecule has 4 aliphatic rings. The maximum Gasteiger partial charge on any atom is 0.128 e. The Morgan fingerprint density at radius 2 is 1.63 bits per heavy atom. The van der Waals surface area contributed by atoms with Crippen LogP contribution in [-0.2, 0) is 0 Å². The normalized spacial score (nSPS) is 39.6. The minimum absolute atomic E-state index is 0.0891. The van der Waals surface area contributed by atoms with Gasteiger partial charge in [0.25, 0.3) is 0 Å². The molecular formula is C17H22FN. The summed E-state index contributed by atoms with van der Waals surface area (Å²) in [5.74, 6) is 3.57. The Morgan fingerprint density at radius 1 is 1.00 bits per heavy atom. The van der Waals surface area contributed by atoms with Crippen LogP contribution in [0.25, 0.3) is 0 Å². The van der Waals surface area contributed by atoms with E-state index in [1.807, 2.05) is 19.1 Å². The largest absolute Gasteiger partial charge is 0.382 e. The van der Waals surface area contributed by atoms with E-state index < -0.39 is 0 Å². The second kappa shape index (κ2) is 4.22. The van der Waals surface area contributed by atoms with Crippen LogP contribution >= 0.6 is 0 Å². The molecule has 2 heteroatoms. The topological polar surface area (TPSA) is 12.0 Å². The third kappa shape index (κ3) is 1.96. The summed E-state index contributed by atoms with van der Waals surface area (Å²) in [6.07, 6.45) is 7.09. The lowest BCUT2D eigenvalue weighted by atomic mass is 9.54. The van der Waals surface area contributed by atoms with E-state index in [1.165, 1.54) is 32.1 Å². The highest BCUT2D eigenvalue weighted by molar-refractivity contribution is 5.46. The number of benzene rings is 1. The summed E-state index contributed by atoms with van der Waals surface area (Å²) in [6.45, 7) is 1.82. The summed E-state index contributed by atoms with van der Waals surface area (Å²) in [5, 5.41) is 3.65. The maximum atomic E-state index is 13.7. The van der Waals surface area contributed by atoms with Crippen molar-refractivity contribution in [1.82, 2.24) is 0 Å². The van der Waals surface area contributed by atoms with Crippen LogP contribution in [0.3, 0.4) is 0 Å². The molecule has 0 heterocycles. The lowest BCUT2D eigenvalue weighted by Gasteiger charge is -2.54. The monoisotopic (exact) mass is 259 g/mol. The van der Waals surface area contributed by atoms with E-state index in [-0.39, 0.29) is 5.82 Å². The van der Waals surface area contributed by atoms with E-state index in [4.69, 9.17) is 0 Å². The summed E-state index contributed by atoms with van der Waals surface area (Å²) in [5.41, 5.74) is 1.70. The van der Waals surface area contributed by atoms with Crippen LogP contribution in [0.4, 0.5) is 10.1 Å². The molecule has 1 aromatic carbocycles. The quantitative estimate of drug-likeness (QED) is 0.831. The highest BCUT2D eigenvalue weighted by Crippen LogP contribution is 2.54. The third-order valence-corrected chi connectivity index (χ3v) is 5.73. The van der Waals surface area contributed by atoms with Crippen LogP contribution in [0, 0.1) is 36.4 Å². The van der Waals surface area contributed by atoms with Crippen LogP contribution in [0.15, 0.2) is 18.2 Å². The van der Waals surface area contributed by atoms with E-state index in [2.05, 4.69) is 5.32 Å². The lowest BCUT2D eigenvalue weighted by Crippen LogP contribution is -2.51. The molecule has 4 bridgehead atoms.